The van der Waals surface area contributed by atoms with E-state index >= 15 is 0 Å². The van der Waals surface area contributed by atoms with Crippen LogP contribution in [0.1, 0.15) is 40.9 Å². The highest BCUT2D eigenvalue weighted by molar-refractivity contribution is 6.09. The number of aryl methyl sites for hydroxylation is 1. The number of benzene rings is 4. The maximum absolute atomic E-state index is 14.1. The number of ketones is 1. The number of likely N-dealkylation sites (N-methyl/N-ethyl adjacent to an activating group) is 1. The first-order valence-corrected chi connectivity index (χ1v) is 14.0. The Bertz CT molecular complexity index is 1710. The molecule has 1 heterocycles. The Labute approximate surface area is 251 Å². The van der Waals surface area contributed by atoms with Gasteiger partial charge in [0, 0.05) is 30.7 Å². The Morgan fingerprint density at radius 3 is 2.37 bits per heavy atom. The minimum Gasteiger partial charge on any atom is -0.496 e. The van der Waals surface area contributed by atoms with Gasteiger partial charge in [0.25, 0.3) is 5.91 Å². The maximum atomic E-state index is 14.1. The van der Waals surface area contributed by atoms with Gasteiger partial charge in [-0.1, -0.05) is 36.4 Å². The van der Waals surface area contributed by atoms with Gasteiger partial charge in [-0.2, -0.15) is 0 Å². The molecule has 5 rings (SSSR count). The van der Waals surface area contributed by atoms with Crippen molar-refractivity contribution in [2.75, 3.05) is 31.5 Å². The molecule has 1 N–H and O–H groups in total. The number of ether oxygens (including phenoxy) is 3. The summed E-state index contributed by atoms with van der Waals surface area (Å²) in [6.07, 6.45) is 0.159. The zero-order chi connectivity index (χ0) is 30.9. The van der Waals surface area contributed by atoms with Gasteiger partial charge in [0.15, 0.2) is 5.78 Å². The molecule has 43 heavy (non-hydrogen) atoms. The molecule has 1 aliphatic rings. The van der Waals surface area contributed by atoms with E-state index in [1.54, 1.807) is 44.4 Å². The lowest BCUT2D eigenvalue weighted by atomic mass is 9.91. The van der Waals surface area contributed by atoms with Crippen LogP contribution in [0.15, 0.2) is 72.8 Å². The number of amides is 1. The van der Waals surface area contributed by atoms with Crippen molar-refractivity contribution in [3.63, 3.8) is 0 Å². The number of rotatable bonds is 9. The van der Waals surface area contributed by atoms with Gasteiger partial charge < -0.3 is 24.4 Å². The predicted molar refractivity (Wildman–Crippen MR) is 166 cm³/mol. The van der Waals surface area contributed by atoms with Gasteiger partial charge in [-0.25, -0.2) is 4.39 Å². The zero-order valence-electron chi connectivity index (χ0n) is 25.2. The number of fused-ring (bicyclic) bond motifs is 1. The molecule has 4 aromatic rings. The molecule has 0 saturated carbocycles. The number of hydrogen-bond acceptors (Lipinski definition) is 6. The number of anilines is 2. The number of Topliss-reactive ketones (excluding diaryl/α,β-unsaturated/α-hetero) is 1. The van der Waals surface area contributed by atoms with Gasteiger partial charge in [-0.15, -0.1) is 0 Å². The second-order valence-electron chi connectivity index (χ2n) is 11.1. The van der Waals surface area contributed by atoms with E-state index in [9.17, 15) is 14.0 Å². The normalized spacial score (nSPS) is 13.7. The highest BCUT2D eigenvalue weighted by atomic mass is 19.1. The predicted octanol–water partition coefficient (Wildman–Crippen LogP) is 6.99. The summed E-state index contributed by atoms with van der Waals surface area (Å²) in [5, 5.41) is 3.35. The first kappa shape index (κ1) is 29.6. The van der Waals surface area contributed by atoms with Crippen LogP contribution in [0.4, 0.5) is 15.8 Å². The summed E-state index contributed by atoms with van der Waals surface area (Å²) in [6.45, 7) is 5.59. The molecule has 0 saturated heterocycles. The van der Waals surface area contributed by atoms with Crippen molar-refractivity contribution in [3.05, 3.63) is 101 Å². The van der Waals surface area contributed by atoms with Gasteiger partial charge in [-0.05, 0) is 67.8 Å². The van der Waals surface area contributed by atoms with E-state index in [0.717, 1.165) is 33.5 Å². The van der Waals surface area contributed by atoms with Crippen LogP contribution < -0.4 is 24.4 Å². The lowest BCUT2D eigenvalue weighted by molar-refractivity contribution is -0.121. The highest BCUT2D eigenvalue weighted by Gasteiger charge is 2.38. The van der Waals surface area contributed by atoms with Crippen molar-refractivity contribution in [1.82, 2.24) is 0 Å². The average Bonchev–Trinajstić information content (AvgIpc) is 3.00. The summed E-state index contributed by atoms with van der Waals surface area (Å²) in [6, 6.07) is 21.1. The third-order valence-electron chi connectivity index (χ3n) is 7.76. The number of para-hydroxylation sites is 1. The van der Waals surface area contributed by atoms with Crippen LogP contribution in [0.2, 0.25) is 0 Å². The first-order chi connectivity index (χ1) is 20.5. The number of carbonyl (C=O) groups excluding carboxylic acids is 2. The van der Waals surface area contributed by atoms with Crippen LogP contribution in [0.5, 0.6) is 17.2 Å². The molecule has 222 valence electrons. The van der Waals surface area contributed by atoms with Gasteiger partial charge in [0.2, 0.25) is 0 Å². The van der Waals surface area contributed by atoms with Gasteiger partial charge in [0.1, 0.15) is 35.2 Å². The molecule has 1 amide bonds. The fraction of sp³-hybridized carbons (Fsp3) is 0.257. The molecule has 7 nitrogen and oxygen atoms in total. The summed E-state index contributed by atoms with van der Waals surface area (Å²) in [4.78, 5) is 28.1. The third kappa shape index (κ3) is 5.78. The van der Waals surface area contributed by atoms with Crippen molar-refractivity contribution >= 4 is 23.1 Å². The van der Waals surface area contributed by atoms with E-state index in [1.165, 1.54) is 12.1 Å². The Morgan fingerprint density at radius 2 is 1.63 bits per heavy atom. The standard InChI is InChI=1S/C35H35FN2O5/c1-21-11-13-23(36)19-31(21)43-20-27-24(15-16-28-33(27)38(4)34(40)35(2,3)37-28)25-14-12-22(18-32(25)42-6)17-29(39)26-9-7-8-10-30(26)41-5/h7-16,18-19,37H,17,20H2,1-6H3. The van der Waals surface area contributed by atoms with E-state index in [-0.39, 0.29) is 24.7 Å². The van der Waals surface area contributed by atoms with Crippen LogP contribution in [0.3, 0.4) is 0 Å². The van der Waals surface area contributed by atoms with Gasteiger partial charge in [-0.3, -0.25) is 9.59 Å². The molecule has 0 bridgehead atoms. The lowest BCUT2D eigenvalue weighted by Gasteiger charge is -2.39. The fourth-order valence-corrected chi connectivity index (χ4v) is 5.53. The molecule has 0 fully saturated rings. The average molecular weight is 583 g/mol. The Hall–Kier alpha value is -4.85. The van der Waals surface area contributed by atoms with Crippen LogP contribution in [-0.2, 0) is 17.8 Å². The second kappa shape index (κ2) is 11.8. The summed E-state index contributed by atoms with van der Waals surface area (Å²) >= 11 is 0. The molecule has 1 aliphatic heterocycles. The Kier molecular flexibility index (Phi) is 8.13. The monoisotopic (exact) mass is 582 g/mol. The maximum Gasteiger partial charge on any atom is 0.251 e. The number of halogens is 1. The van der Waals surface area contributed by atoms with E-state index in [0.29, 0.717) is 28.5 Å². The zero-order valence-corrected chi connectivity index (χ0v) is 25.2. The smallest absolute Gasteiger partial charge is 0.251 e. The summed E-state index contributed by atoms with van der Waals surface area (Å²) < 4.78 is 31.5. The molecule has 0 aromatic heterocycles. The molecule has 0 atom stereocenters. The van der Waals surface area contributed by atoms with Crippen LogP contribution in [0, 0.1) is 12.7 Å². The summed E-state index contributed by atoms with van der Waals surface area (Å²) in [7, 11) is 4.87. The molecule has 0 aliphatic carbocycles. The number of nitrogens with one attached hydrogen (secondary N) is 1. The third-order valence-corrected chi connectivity index (χ3v) is 7.76. The van der Waals surface area contributed by atoms with Crippen LogP contribution in [-0.4, -0.2) is 38.5 Å². The van der Waals surface area contributed by atoms with Gasteiger partial charge >= 0.3 is 0 Å². The van der Waals surface area contributed by atoms with E-state index in [4.69, 9.17) is 14.2 Å². The second-order valence-corrected chi connectivity index (χ2v) is 11.1. The fourth-order valence-electron chi connectivity index (χ4n) is 5.53. The molecule has 8 heteroatoms. The van der Waals surface area contributed by atoms with Crippen molar-refractivity contribution in [3.8, 4) is 28.4 Å². The molecule has 0 unspecified atom stereocenters. The number of carbonyl (C=O) groups is 2. The summed E-state index contributed by atoms with van der Waals surface area (Å²) in [5.41, 5.74) is 5.02. The minimum atomic E-state index is -0.798. The molecular formula is C35H35FN2O5. The first-order valence-electron chi connectivity index (χ1n) is 14.0. The van der Waals surface area contributed by atoms with Crippen LogP contribution >= 0.6 is 0 Å². The number of nitrogens with zero attached hydrogens (tertiary/aromatic N) is 1. The Balaban J connectivity index is 1.57. The van der Waals surface area contributed by atoms with Gasteiger partial charge in [0.05, 0.1) is 31.2 Å². The molecule has 0 spiro atoms. The van der Waals surface area contributed by atoms with Crippen molar-refractivity contribution < 1.29 is 28.2 Å². The minimum absolute atomic E-state index is 0.0692. The van der Waals surface area contributed by atoms with E-state index in [2.05, 4.69) is 5.32 Å². The summed E-state index contributed by atoms with van der Waals surface area (Å²) in [5.74, 6) is 0.933. The van der Waals surface area contributed by atoms with Crippen molar-refractivity contribution in [1.29, 1.82) is 0 Å². The van der Waals surface area contributed by atoms with E-state index < -0.39 is 11.4 Å². The van der Waals surface area contributed by atoms with Crippen LogP contribution in [0.25, 0.3) is 11.1 Å². The molecular weight excluding hydrogens is 547 g/mol. The van der Waals surface area contributed by atoms with Crippen molar-refractivity contribution in [2.45, 2.75) is 39.3 Å². The number of methoxy groups -OCH3 is 2. The topological polar surface area (TPSA) is 77.1 Å². The molecule has 4 aromatic carbocycles. The van der Waals surface area contributed by atoms with Crippen molar-refractivity contribution in [2.24, 2.45) is 0 Å². The quantitative estimate of drug-likeness (QED) is 0.214. The SMILES string of the molecule is COc1ccccc1C(=O)Cc1ccc(-c2ccc3c(c2COc2cc(F)ccc2C)N(C)C(=O)C(C)(C)N3)c(OC)c1. The lowest BCUT2D eigenvalue weighted by Crippen LogP contribution is -2.52. The Morgan fingerprint density at radius 1 is 0.907 bits per heavy atom. The molecule has 0 radical (unpaired) electrons. The number of hydrogen-bond donors (Lipinski definition) is 1. The highest BCUT2D eigenvalue weighted by Crippen LogP contribution is 2.44. The largest absolute Gasteiger partial charge is 0.496 e. The van der Waals surface area contributed by atoms with E-state index in [1.807, 2.05) is 63.2 Å².